The van der Waals surface area contributed by atoms with E-state index in [1.54, 1.807) is 12.1 Å². The van der Waals surface area contributed by atoms with Gasteiger partial charge in [-0.25, -0.2) is 4.79 Å². The van der Waals surface area contributed by atoms with Crippen molar-refractivity contribution in [3.05, 3.63) is 71.3 Å². The van der Waals surface area contributed by atoms with Crippen molar-refractivity contribution in [3.63, 3.8) is 0 Å². The summed E-state index contributed by atoms with van der Waals surface area (Å²) in [5.41, 5.74) is 1.41. The largest absolute Gasteiger partial charge is 0.496 e. The smallest absolute Gasteiger partial charge is 0.339 e. The van der Waals surface area contributed by atoms with E-state index in [9.17, 15) is 14.7 Å². The van der Waals surface area contributed by atoms with Crippen molar-refractivity contribution in [3.8, 4) is 11.5 Å². The van der Waals surface area contributed by atoms with E-state index in [2.05, 4.69) is 12.1 Å². The molecule has 0 amide bonds. The molecule has 4 rings (SSSR count). The Hall–Kier alpha value is -3.54. The molecule has 0 atom stereocenters. The van der Waals surface area contributed by atoms with Crippen LogP contribution >= 0.6 is 0 Å². The molecule has 1 saturated carbocycles. The summed E-state index contributed by atoms with van der Waals surface area (Å²) >= 11 is 0. The molecule has 0 radical (unpaired) electrons. The molecule has 1 fully saturated rings. The summed E-state index contributed by atoms with van der Waals surface area (Å²) in [5, 5.41) is 11.7. The van der Waals surface area contributed by atoms with E-state index in [0.717, 1.165) is 21.9 Å². The zero-order valence-corrected chi connectivity index (χ0v) is 20.5. The lowest BCUT2D eigenvalue weighted by atomic mass is 9.74. The van der Waals surface area contributed by atoms with Crippen molar-refractivity contribution in [1.29, 1.82) is 0 Å². The van der Waals surface area contributed by atoms with E-state index >= 15 is 0 Å². The predicted octanol–water partition coefficient (Wildman–Crippen LogP) is 6.18. The van der Waals surface area contributed by atoms with E-state index in [-0.39, 0.29) is 24.2 Å². The molecule has 0 aromatic heterocycles. The average Bonchev–Trinajstić information content (AvgIpc) is 2.88. The van der Waals surface area contributed by atoms with Crippen LogP contribution in [0.15, 0.2) is 54.6 Å². The summed E-state index contributed by atoms with van der Waals surface area (Å²) in [5.74, 6) is -0.347. The van der Waals surface area contributed by atoms with Gasteiger partial charge in [-0.1, -0.05) is 49.4 Å². The van der Waals surface area contributed by atoms with Gasteiger partial charge < -0.3 is 19.3 Å². The Kier molecular flexibility index (Phi) is 7.29. The number of carbonyl (C=O) groups excluding carboxylic acids is 1. The predicted molar refractivity (Wildman–Crippen MR) is 134 cm³/mol. The van der Waals surface area contributed by atoms with Gasteiger partial charge >= 0.3 is 11.9 Å². The fourth-order valence-corrected chi connectivity index (χ4v) is 4.79. The number of methoxy groups -OCH3 is 1. The fraction of sp³-hybridized carbons (Fsp3) is 0.379. The van der Waals surface area contributed by atoms with Crippen LogP contribution in [0, 0.1) is 5.41 Å². The lowest BCUT2D eigenvalue weighted by molar-refractivity contribution is -0.159. The Morgan fingerprint density at radius 2 is 1.71 bits per heavy atom. The number of esters is 1. The third-order valence-corrected chi connectivity index (χ3v) is 7.06. The van der Waals surface area contributed by atoms with Crippen LogP contribution in [0.5, 0.6) is 11.5 Å². The fourth-order valence-electron chi connectivity index (χ4n) is 4.79. The zero-order chi connectivity index (χ0) is 25.0. The second kappa shape index (κ2) is 10.4. The van der Waals surface area contributed by atoms with Crippen LogP contribution in [0.2, 0.25) is 0 Å². The number of hydrogen-bond acceptors (Lipinski definition) is 5. The molecule has 0 unspecified atom stereocenters. The summed E-state index contributed by atoms with van der Waals surface area (Å²) < 4.78 is 17.3. The lowest BCUT2D eigenvalue weighted by Crippen LogP contribution is -2.37. The van der Waals surface area contributed by atoms with Gasteiger partial charge in [0.2, 0.25) is 0 Å². The van der Waals surface area contributed by atoms with Crippen molar-refractivity contribution in [2.45, 2.75) is 58.7 Å². The Morgan fingerprint density at radius 3 is 2.40 bits per heavy atom. The van der Waals surface area contributed by atoms with E-state index in [0.29, 0.717) is 43.6 Å². The highest BCUT2D eigenvalue weighted by Gasteiger charge is 2.39. The van der Waals surface area contributed by atoms with Gasteiger partial charge in [-0.3, -0.25) is 4.79 Å². The second-order valence-electron chi connectivity index (χ2n) is 9.41. The summed E-state index contributed by atoms with van der Waals surface area (Å²) in [6.45, 7) is 4.20. The highest BCUT2D eigenvalue weighted by Crippen LogP contribution is 2.40. The monoisotopic (exact) mass is 476 g/mol. The summed E-state index contributed by atoms with van der Waals surface area (Å²) in [6.07, 6.45) is 3.28. The van der Waals surface area contributed by atoms with Gasteiger partial charge in [0.15, 0.2) is 0 Å². The molecule has 0 heterocycles. The zero-order valence-electron chi connectivity index (χ0n) is 20.5. The first kappa shape index (κ1) is 24.6. The number of carboxylic acids is 1. The number of carbonyl (C=O) groups is 2. The van der Waals surface area contributed by atoms with Gasteiger partial charge in [-0.05, 0) is 73.1 Å². The van der Waals surface area contributed by atoms with Crippen molar-refractivity contribution >= 4 is 22.7 Å². The minimum absolute atomic E-state index is 0.0809. The van der Waals surface area contributed by atoms with Crippen LogP contribution in [0.4, 0.5) is 0 Å². The van der Waals surface area contributed by atoms with Gasteiger partial charge in [-0.2, -0.15) is 0 Å². The molecule has 6 nitrogen and oxygen atoms in total. The maximum Gasteiger partial charge on any atom is 0.339 e. The molecular formula is C29H32O6. The summed E-state index contributed by atoms with van der Waals surface area (Å²) in [7, 11) is 1.46. The maximum atomic E-state index is 13.0. The average molecular weight is 477 g/mol. The number of rotatable bonds is 8. The quantitative estimate of drug-likeness (QED) is 0.391. The van der Waals surface area contributed by atoms with Crippen LogP contribution in [-0.2, 0) is 22.6 Å². The molecule has 6 heteroatoms. The third-order valence-electron chi connectivity index (χ3n) is 7.06. The van der Waals surface area contributed by atoms with Gasteiger partial charge in [0.25, 0.3) is 0 Å². The van der Waals surface area contributed by atoms with E-state index in [4.69, 9.17) is 14.2 Å². The van der Waals surface area contributed by atoms with E-state index < -0.39 is 11.4 Å². The Balaban J connectivity index is 1.39. The second-order valence-corrected chi connectivity index (χ2v) is 9.41. The number of benzene rings is 3. The number of aromatic carboxylic acids is 1. The molecule has 1 N–H and O–H groups in total. The van der Waals surface area contributed by atoms with Crippen LogP contribution in [0.1, 0.15) is 61.0 Å². The molecule has 0 spiro atoms. The topological polar surface area (TPSA) is 82.1 Å². The first-order chi connectivity index (χ1) is 16.8. The molecule has 1 aliphatic rings. The molecule has 35 heavy (non-hydrogen) atoms. The summed E-state index contributed by atoms with van der Waals surface area (Å²) in [6, 6.07) is 17.4. The molecule has 3 aromatic rings. The van der Waals surface area contributed by atoms with E-state index in [1.807, 2.05) is 44.2 Å². The highest BCUT2D eigenvalue weighted by atomic mass is 16.5. The van der Waals surface area contributed by atoms with Gasteiger partial charge in [-0.15, -0.1) is 0 Å². The minimum atomic E-state index is -1.06. The standard InChI is InChI=1S/C29H32O6/c1-4-19-16-26(33-3)24(27(30)31)17-25(19)35-22-12-14-29(2,15-13-22)28(32)34-18-21-10-7-9-20-8-5-6-11-23(20)21/h5-11,16-17,22H,4,12-15,18H2,1-3H3,(H,30,31). The lowest BCUT2D eigenvalue weighted by Gasteiger charge is -2.35. The van der Waals surface area contributed by atoms with Crippen molar-refractivity contribution in [2.75, 3.05) is 7.11 Å². The first-order valence-electron chi connectivity index (χ1n) is 12.1. The van der Waals surface area contributed by atoms with Crippen LogP contribution in [-0.4, -0.2) is 30.3 Å². The van der Waals surface area contributed by atoms with Crippen LogP contribution in [0.25, 0.3) is 10.8 Å². The Bertz CT molecular complexity index is 1220. The number of carboxylic acid groups (broad SMARTS) is 1. The number of fused-ring (bicyclic) bond motifs is 1. The van der Waals surface area contributed by atoms with Gasteiger partial charge in [0, 0.05) is 0 Å². The summed E-state index contributed by atoms with van der Waals surface area (Å²) in [4.78, 5) is 24.7. The molecule has 0 bridgehead atoms. The molecule has 0 saturated heterocycles. The van der Waals surface area contributed by atoms with Crippen molar-refractivity contribution in [2.24, 2.45) is 5.41 Å². The number of ether oxygens (including phenoxy) is 3. The Morgan fingerprint density at radius 1 is 1.00 bits per heavy atom. The van der Waals surface area contributed by atoms with Gasteiger partial charge in [0.05, 0.1) is 18.6 Å². The number of hydrogen-bond donors (Lipinski definition) is 1. The molecular weight excluding hydrogens is 444 g/mol. The molecule has 184 valence electrons. The highest BCUT2D eigenvalue weighted by molar-refractivity contribution is 5.91. The van der Waals surface area contributed by atoms with E-state index in [1.165, 1.54) is 7.11 Å². The third kappa shape index (κ3) is 5.26. The van der Waals surface area contributed by atoms with Gasteiger partial charge in [0.1, 0.15) is 23.7 Å². The Labute approximate surface area is 205 Å². The molecule has 1 aliphatic carbocycles. The number of aryl methyl sites for hydroxylation is 1. The SMILES string of the molecule is CCc1cc(OC)c(C(=O)O)cc1OC1CCC(C)(C(=O)OCc2cccc3ccccc23)CC1. The minimum Gasteiger partial charge on any atom is -0.496 e. The van der Waals surface area contributed by atoms with Crippen molar-refractivity contribution < 1.29 is 28.9 Å². The molecule has 3 aromatic carbocycles. The van der Waals surface area contributed by atoms with Crippen LogP contribution < -0.4 is 9.47 Å². The normalized spacial score (nSPS) is 19.8. The first-order valence-corrected chi connectivity index (χ1v) is 12.1. The maximum absolute atomic E-state index is 13.0. The van der Waals surface area contributed by atoms with Crippen LogP contribution in [0.3, 0.4) is 0 Å². The van der Waals surface area contributed by atoms with Crippen molar-refractivity contribution in [1.82, 2.24) is 0 Å². The molecule has 0 aliphatic heterocycles.